The molecule has 6 heteroatoms. The first-order chi connectivity index (χ1) is 8.10. The molecule has 6 nitrogen and oxygen atoms in total. The third kappa shape index (κ3) is 1.69. The summed E-state index contributed by atoms with van der Waals surface area (Å²) in [5.74, 6) is 1.27. The maximum Gasteiger partial charge on any atom is 0.292 e. The smallest absolute Gasteiger partial charge is 0.292 e. The molecular weight excluding hydrogens is 220 g/mol. The largest absolute Gasteiger partial charge is 0.478 e. The standard InChI is InChI=1S/C11H16N4O2/c1-5-6-7-12-8-9(14(7)2)11(16)15(3)13-10(8)17-4/h5-6H2,1-4H3. The van der Waals surface area contributed by atoms with E-state index < -0.39 is 0 Å². The Hall–Kier alpha value is -1.85. The molecule has 0 atom stereocenters. The van der Waals surface area contributed by atoms with Crippen LogP contribution in [-0.4, -0.2) is 26.4 Å². The Morgan fingerprint density at radius 2 is 2.06 bits per heavy atom. The molecule has 0 saturated heterocycles. The summed E-state index contributed by atoms with van der Waals surface area (Å²) in [6.45, 7) is 2.08. The van der Waals surface area contributed by atoms with Gasteiger partial charge in [0, 0.05) is 20.5 Å². The first kappa shape index (κ1) is 11.6. The molecule has 92 valence electrons. The highest BCUT2D eigenvalue weighted by molar-refractivity contribution is 5.79. The van der Waals surface area contributed by atoms with Crippen LogP contribution in [0, 0.1) is 0 Å². The van der Waals surface area contributed by atoms with Crippen LogP contribution in [0.1, 0.15) is 19.2 Å². The number of hydrogen-bond donors (Lipinski definition) is 0. The van der Waals surface area contributed by atoms with E-state index in [1.165, 1.54) is 11.8 Å². The summed E-state index contributed by atoms with van der Waals surface area (Å²) in [6.07, 6.45) is 1.81. The fourth-order valence-corrected chi connectivity index (χ4v) is 1.91. The third-order valence-corrected chi connectivity index (χ3v) is 2.79. The van der Waals surface area contributed by atoms with Gasteiger partial charge in [-0.3, -0.25) is 4.79 Å². The lowest BCUT2D eigenvalue weighted by Gasteiger charge is -2.03. The van der Waals surface area contributed by atoms with Crippen LogP contribution < -0.4 is 10.3 Å². The number of methoxy groups -OCH3 is 1. The summed E-state index contributed by atoms with van der Waals surface area (Å²) in [5, 5.41) is 4.04. The Kier molecular flexibility index (Phi) is 2.87. The van der Waals surface area contributed by atoms with Crippen LogP contribution in [0.15, 0.2) is 4.79 Å². The van der Waals surface area contributed by atoms with Crippen molar-refractivity contribution in [1.82, 2.24) is 19.3 Å². The van der Waals surface area contributed by atoms with Crippen molar-refractivity contribution >= 4 is 11.0 Å². The van der Waals surface area contributed by atoms with E-state index in [1.54, 1.807) is 7.05 Å². The molecule has 0 radical (unpaired) electrons. The third-order valence-electron chi connectivity index (χ3n) is 2.79. The molecule has 0 bridgehead atoms. The van der Waals surface area contributed by atoms with Gasteiger partial charge in [0.15, 0.2) is 5.52 Å². The van der Waals surface area contributed by atoms with Gasteiger partial charge in [-0.1, -0.05) is 6.92 Å². The molecule has 0 amide bonds. The molecule has 0 aliphatic carbocycles. The second kappa shape index (κ2) is 4.20. The summed E-state index contributed by atoms with van der Waals surface area (Å²) < 4.78 is 8.26. The van der Waals surface area contributed by atoms with Crippen LogP contribution in [0.4, 0.5) is 0 Å². The minimum absolute atomic E-state index is 0.154. The van der Waals surface area contributed by atoms with Crippen molar-refractivity contribution in [2.24, 2.45) is 14.1 Å². The molecule has 0 unspecified atom stereocenters. The number of hydrogen-bond acceptors (Lipinski definition) is 4. The van der Waals surface area contributed by atoms with Crippen molar-refractivity contribution in [3.05, 3.63) is 16.2 Å². The van der Waals surface area contributed by atoms with Gasteiger partial charge in [0.05, 0.1) is 7.11 Å². The fraction of sp³-hybridized carbons (Fsp3) is 0.545. The van der Waals surface area contributed by atoms with Gasteiger partial charge >= 0.3 is 0 Å². The Morgan fingerprint density at radius 3 is 2.65 bits per heavy atom. The lowest BCUT2D eigenvalue weighted by atomic mass is 10.3. The number of rotatable bonds is 3. The maximum absolute atomic E-state index is 12.0. The molecule has 0 aromatic carbocycles. The van der Waals surface area contributed by atoms with Gasteiger partial charge in [-0.05, 0) is 6.42 Å². The first-order valence-corrected chi connectivity index (χ1v) is 5.56. The van der Waals surface area contributed by atoms with Crippen molar-refractivity contribution in [1.29, 1.82) is 0 Å². The van der Waals surface area contributed by atoms with Crippen LogP contribution in [0.2, 0.25) is 0 Å². The summed E-state index contributed by atoms with van der Waals surface area (Å²) in [5.41, 5.74) is 0.933. The number of nitrogens with zero attached hydrogens (tertiary/aromatic N) is 4. The second-order valence-electron chi connectivity index (χ2n) is 3.97. The highest BCUT2D eigenvalue weighted by Crippen LogP contribution is 2.20. The van der Waals surface area contributed by atoms with Crippen molar-refractivity contribution < 1.29 is 4.74 Å². The van der Waals surface area contributed by atoms with E-state index >= 15 is 0 Å². The van der Waals surface area contributed by atoms with E-state index in [4.69, 9.17) is 4.74 Å². The minimum atomic E-state index is -0.154. The molecule has 0 N–H and O–H groups in total. The summed E-state index contributed by atoms with van der Waals surface area (Å²) in [7, 11) is 4.98. The zero-order valence-corrected chi connectivity index (χ0v) is 10.5. The van der Waals surface area contributed by atoms with E-state index in [2.05, 4.69) is 17.0 Å². The van der Waals surface area contributed by atoms with E-state index in [0.29, 0.717) is 16.9 Å². The zero-order valence-electron chi connectivity index (χ0n) is 10.5. The van der Waals surface area contributed by atoms with E-state index in [-0.39, 0.29) is 5.56 Å². The molecule has 0 aliphatic rings. The lowest BCUT2D eigenvalue weighted by molar-refractivity contribution is 0.387. The highest BCUT2D eigenvalue weighted by atomic mass is 16.5. The quantitative estimate of drug-likeness (QED) is 0.784. The molecule has 2 aromatic heterocycles. The molecule has 17 heavy (non-hydrogen) atoms. The predicted molar refractivity (Wildman–Crippen MR) is 64.3 cm³/mol. The summed E-state index contributed by atoms with van der Waals surface area (Å²) >= 11 is 0. The zero-order chi connectivity index (χ0) is 12.6. The van der Waals surface area contributed by atoms with Crippen LogP contribution in [0.3, 0.4) is 0 Å². The van der Waals surface area contributed by atoms with E-state index in [0.717, 1.165) is 18.7 Å². The topological polar surface area (TPSA) is 61.9 Å². The van der Waals surface area contributed by atoms with Crippen LogP contribution in [0.5, 0.6) is 5.88 Å². The maximum atomic E-state index is 12.0. The molecule has 0 saturated carbocycles. The summed E-state index contributed by atoms with van der Waals surface area (Å²) in [4.78, 5) is 16.5. The fourth-order valence-electron chi connectivity index (χ4n) is 1.91. The van der Waals surface area contributed by atoms with Gasteiger partial charge in [0.2, 0.25) is 0 Å². The number of imidazole rings is 1. The Bertz CT molecular complexity index is 612. The predicted octanol–water partition coefficient (Wildman–Crippen LogP) is 0.628. The molecule has 2 aromatic rings. The second-order valence-corrected chi connectivity index (χ2v) is 3.97. The average molecular weight is 236 g/mol. The Labute approximate surface area is 98.8 Å². The Balaban J connectivity index is 2.84. The van der Waals surface area contributed by atoms with Gasteiger partial charge < -0.3 is 9.30 Å². The summed E-state index contributed by atoms with van der Waals surface area (Å²) in [6, 6.07) is 0. The molecule has 2 rings (SSSR count). The molecular formula is C11H16N4O2. The lowest BCUT2D eigenvalue weighted by Crippen LogP contribution is -2.22. The molecule has 0 spiro atoms. The Morgan fingerprint density at radius 1 is 1.35 bits per heavy atom. The van der Waals surface area contributed by atoms with Gasteiger partial charge in [-0.15, -0.1) is 5.10 Å². The van der Waals surface area contributed by atoms with E-state index in [9.17, 15) is 4.79 Å². The van der Waals surface area contributed by atoms with Crippen LogP contribution in [-0.2, 0) is 20.5 Å². The molecule has 0 fully saturated rings. The first-order valence-electron chi connectivity index (χ1n) is 5.56. The van der Waals surface area contributed by atoms with Gasteiger partial charge in [-0.2, -0.15) is 0 Å². The van der Waals surface area contributed by atoms with Crippen molar-refractivity contribution in [3.8, 4) is 5.88 Å². The van der Waals surface area contributed by atoms with E-state index in [1.807, 2.05) is 11.6 Å². The van der Waals surface area contributed by atoms with Gasteiger partial charge in [0.1, 0.15) is 11.3 Å². The van der Waals surface area contributed by atoms with Crippen molar-refractivity contribution in [2.45, 2.75) is 19.8 Å². The SMILES string of the molecule is CCCc1nc2c(OC)nn(C)c(=O)c2n1C. The average Bonchev–Trinajstić information content (AvgIpc) is 2.63. The van der Waals surface area contributed by atoms with Crippen molar-refractivity contribution in [3.63, 3.8) is 0 Å². The van der Waals surface area contributed by atoms with Gasteiger partial charge in [-0.25, -0.2) is 9.67 Å². The number of aromatic nitrogens is 4. The molecule has 2 heterocycles. The number of ether oxygens (including phenoxy) is 1. The van der Waals surface area contributed by atoms with Gasteiger partial charge in [0.25, 0.3) is 11.4 Å². The highest BCUT2D eigenvalue weighted by Gasteiger charge is 2.17. The molecule has 0 aliphatic heterocycles. The van der Waals surface area contributed by atoms with Crippen LogP contribution >= 0.6 is 0 Å². The normalized spacial score (nSPS) is 11.1. The monoisotopic (exact) mass is 236 g/mol. The van der Waals surface area contributed by atoms with Crippen LogP contribution in [0.25, 0.3) is 11.0 Å². The number of fused-ring (bicyclic) bond motifs is 1. The van der Waals surface area contributed by atoms with Crippen molar-refractivity contribution in [2.75, 3.05) is 7.11 Å². The minimum Gasteiger partial charge on any atom is -0.478 e. The number of aryl methyl sites for hydroxylation is 3.